The van der Waals surface area contributed by atoms with Crippen molar-refractivity contribution in [1.82, 2.24) is 9.62 Å². The van der Waals surface area contributed by atoms with E-state index in [9.17, 15) is 13.2 Å². The Balaban J connectivity index is 2.70. The Bertz CT molecular complexity index is 603. The third kappa shape index (κ3) is 6.77. The van der Waals surface area contributed by atoms with Gasteiger partial charge in [-0.05, 0) is 24.0 Å². The molecule has 1 amide bonds. The average Bonchev–Trinajstić information content (AvgIpc) is 2.39. The van der Waals surface area contributed by atoms with Crippen LogP contribution in [0.5, 0.6) is 0 Å². The number of carbonyl (C=O) groups excluding carboxylic acids is 1. The molecule has 1 rings (SSSR count). The molecule has 22 heavy (non-hydrogen) atoms. The van der Waals surface area contributed by atoms with Crippen LogP contribution in [0.2, 0.25) is 5.02 Å². The highest BCUT2D eigenvalue weighted by atomic mass is 35.5. The van der Waals surface area contributed by atoms with E-state index in [1.807, 2.05) is 0 Å². The molecule has 7 heteroatoms. The predicted molar refractivity (Wildman–Crippen MR) is 89.2 cm³/mol. The molecule has 0 saturated heterocycles. The smallest absolute Gasteiger partial charge is 0.235 e. The van der Waals surface area contributed by atoms with Gasteiger partial charge in [-0.2, -0.15) is 4.31 Å². The van der Waals surface area contributed by atoms with Crippen LogP contribution in [0, 0.1) is 5.92 Å². The summed E-state index contributed by atoms with van der Waals surface area (Å²) >= 11 is 6.05. The first-order valence-electron chi connectivity index (χ1n) is 7.15. The minimum Gasteiger partial charge on any atom is -0.355 e. The Morgan fingerprint density at radius 1 is 1.32 bits per heavy atom. The van der Waals surface area contributed by atoms with Crippen molar-refractivity contribution in [2.24, 2.45) is 5.92 Å². The van der Waals surface area contributed by atoms with Gasteiger partial charge in [0, 0.05) is 18.1 Å². The topological polar surface area (TPSA) is 66.5 Å². The highest BCUT2D eigenvalue weighted by Crippen LogP contribution is 2.18. The number of halogens is 1. The van der Waals surface area contributed by atoms with Crippen LogP contribution in [0.1, 0.15) is 25.8 Å². The van der Waals surface area contributed by atoms with E-state index in [4.69, 9.17) is 11.6 Å². The molecule has 0 aromatic heterocycles. The van der Waals surface area contributed by atoms with Crippen molar-refractivity contribution in [3.8, 4) is 0 Å². The fourth-order valence-corrected chi connectivity index (χ4v) is 2.74. The van der Waals surface area contributed by atoms with Crippen LogP contribution >= 0.6 is 11.6 Å². The van der Waals surface area contributed by atoms with Crippen molar-refractivity contribution in [3.05, 3.63) is 34.9 Å². The van der Waals surface area contributed by atoms with Crippen LogP contribution in [0.3, 0.4) is 0 Å². The standard InChI is InChI=1S/C15H23ClN2O3S/c1-12(2)8-9-17-15(19)11-18(22(3,20)21)10-13-6-4-5-7-14(13)16/h4-7,12H,8-11H2,1-3H3,(H,17,19). The molecule has 0 aliphatic rings. The maximum Gasteiger partial charge on any atom is 0.235 e. The normalized spacial score (nSPS) is 11.9. The van der Waals surface area contributed by atoms with Crippen molar-refractivity contribution in [2.75, 3.05) is 19.3 Å². The van der Waals surface area contributed by atoms with Gasteiger partial charge in [0.25, 0.3) is 0 Å². The van der Waals surface area contributed by atoms with Gasteiger partial charge in [0.15, 0.2) is 0 Å². The molecule has 5 nitrogen and oxygen atoms in total. The second-order valence-corrected chi connectivity index (χ2v) is 8.04. The molecule has 1 aromatic carbocycles. The van der Waals surface area contributed by atoms with E-state index in [1.54, 1.807) is 24.3 Å². The molecule has 0 saturated carbocycles. The fourth-order valence-electron chi connectivity index (χ4n) is 1.82. The van der Waals surface area contributed by atoms with Gasteiger partial charge in [0.2, 0.25) is 15.9 Å². The number of amides is 1. The molecule has 1 N–H and O–H groups in total. The molecule has 0 unspecified atom stereocenters. The Morgan fingerprint density at radius 3 is 2.50 bits per heavy atom. The Morgan fingerprint density at radius 2 is 1.95 bits per heavy atom. The van der Waals surface area contributed by atoms with E-state index in [-0.39, 0.29) is 19.0 Å². The summed E-state index contributed by atoms with van der Waals surface area (Å²) in [4.78, 5) is 11.9. The van der Waals surface area contributed by atoms with E-state index >= 15 is 0 Å². The van der Waals surface area contributed by atoms with Crippen LogP contribution < -0.4 is 5.32 Å². The third-order valence-electron chi connectivity index (χ3n) is 3.14. The Kier molecular flexibility index (Phi) is 7.32. The molecule has 0 radical (unpaired) electrons. The fraction of sp³-hybridized carbons (Fsp3) is 0.533. The first-order chi connectivity index (χ1) is 10.2. The van der Waals surface area contributed by atoms with Gasteiger partial charge in [-0.25, -0.2) is 8.42 Å². The van der Waals surface area contributed by atoms with Crippen molar-refractivity contribution in [3.63, 3.8) is 0 Å². The largest absolute Gasteiger partial charge is 0.355 e. The minimum atomic E-state index is -3.50. The third-order valence-corrected chi connectivity index (χ3v) is 4.70. The Labute approximate surface area is 137 Å². The van der Waals surface area contributed by atoms with Gasteiger partial charge in [-0.1, -0.05) is 43.6 Å². The predicted octanol–water partition coefficient (Wildman–Crippen LogP) is 2.26. The molecule has 124 valence electrons. The van der Waals surface area contributed by atoms with Crippen molar-refractivity contribution in [2.45, 2.75) is 26.8 Å². The summed E-state index contributed by atoms with van der Waals surface area (Å²) in [5.41, 5.74) is 0.671. The second kappa shape index (κ2) is 8.50. The van der Waals surface area contributed by atoms with Gasteiger partial charge in [-0.3, -0.25) is 4.79 Å². The van der Waals surface area contributed by atoms with E-state index in [0.717, 1.165) is 17.0 Å². The molecule has 1 aromatic rings. The van der Waals surface area contributed by atoms with E-state index in [0.29, 0.717) is 23.0 Å². The quantitative estimate of drug-likeness (QED) is 0.785. The van der Waals surface area contributed by atoms with Gasteiger partial charge in [0.1, 0.15) is 0 Å². The molecule has 0 spiro atoms. The van der Waals surface area contributed by atoms with E-state index < -0.39 is 10.0 Å². The highest BCUT2D eigenvalue weighted by molar-refractivity contribution is 7.88. The lowest BCUT2D eigenvalue weighted by Crippen LogP contribution is -2.40. The van der Waals surface area contributed by atoms with Crippen LogP contribution in [0.4, 0.5) is 0 Å². The first kappa shape index (κ1) is 18.9. The monoisotopic (exact) mass is 346 g/mol. The van der Waals surface area contributed by atoms with Crippen LogP contribution in [-0.4, -0.2) is 38.0 Å². The lowest BCUT2D eigenvalue weighted by Gasteiger charge is -2.20. The maximum absolute atomic E-state index is 11.9. The van der Waals surface area contributed by atoms with Gasteiger partial charge < -0.3 is 5.32 Å². The number of nitrogens with zero attached hydrogens (tertiary/aromatic N) is 1. The summed E-state index contributed by atoms with van der Waals surface area (Å²) in [6.45, 7) is 4.54. The molecular weight excluding hydrogens is 324 g/mol. The zero-order valence-electron chi connectivity index (χ0n) is 13.2. The molecule has 0 aliphatic heterocycles. The SMILES string of the molecule is CC(C)CCNC(=O)CN(Cc1ccccc1Cl)S(C)(=O)=O. The zero-order chi connectivity index (χ0) is 16.8. The number of benzene rings is 1. The van der Waals surface area contributed by atoms with E-state index in [2.05, 4.69) is 19.2 Å². The molecular formula is C15H23ClN2O3S. The summed E-state index contributed by atoms with van der Waals surface area (Å²) in [6, 6.07) is 7.00. The first-order valence-corrected chi connectivity index (χ1v) is 9.38. The second-order valence-electron chi connectivity index (χ2n) is 5.65. The van der Waals surface area contributed by atoms with Crippen molar-refractivity contribution in [1.29, 1.82) is 0 Å². The molecule has 0 heterocycles. The Hall–Kier alpha value is -1.11. The molecule has 0 fully saturated rings. The number of carbonyl (C=O) groups is 1. The summed E-state index contributed by atoms with van der Waals surface area (Å²) < 4.78 is 24.9. The maximum atomic E-state index is 11.9. The van der Waals surface area contributed by atoms with Gasteiger partial charge in [-0.15, -0.1) is 0 Å². The number of hydrogen-bond donors (Lipinski definition) is 1. The number of rotatable bonds is 8. The zero-order valence-corrected chi connectivity index (χ0v) is 14.7. The van der Waals surface area contributed by atoms with E-state index in [1.165, 1.54) is 0 Å². The summed E-state index contributed by atoms with van der Waals surface area (Å²) in [5.74, 6) is 0.174. The van der Waals surface area contributed by atoms with Gasteiger partial charge in [0.05, 0.1) is 12.8 Å². The average molecular weight is 347 g/mol. The molecule has 0 bridgehead atoms. The highest BCUT2D eigenvalue weighted by Gasteiger charge is 2.21. The minimum absolute atomic E-state index is 0.0795. The summed E-state index contributed by atoms with van der Waals surface area (Å²) in [6.07, 6.45) is 1.94. The van der Waals surface area contributed by atoms with Crippen LogP contribution in [0.25, 0.3) is 0 Å². The van der Waals surface area contributed by atoms with Crippen LogP contribution in [-0.2, 0) is 21.4 Å². The summed E-state index contributed by atoms with van der Waals surface area (Å²) in [7, 11) is -3.50. The number of nitrogens with one attached hydrogen (secondary N) is 1. The van der Waals surface area contributed by atoms with Crippen molar-refractivity contribution >= 4 is 27.5 Å². The summed E-state index contributed by atoms with van der Waals surface area (Å²) in [5, 5.41) is 3.22. The lowest BCUT2D eigenvalue weighted by atomic mass is 10.1. The van der Waals surface area contributed by atoms with Gasteiger partial charge >= 0.3 is 0 Å². The molecule has 0 aliphatic carbocycles. The van der Waals surface area contributed by atoms with Crippen molar-refractivity contribution < 1.29 is 13.2 Å². The lowest BCUT2D eigenvalue weighted by molar-refractivity contribution is -0.121. The number of hydrogen-bond acceptors (Lipinski definition) is 3. The molecule has 0 atom stereocenters. The number of sulfonamides is 1. The van der Waals surface area contributed by atoms with Crippen LogP contribution in [0.15, 0.2) is 24.3 Å².